The van der Waals surface area contributed by atoms with Gasteiger partial charge in [-0.15, -0.1) is 0 Å². The summed E-state index contributed by atoms with van der Waals surface area (Å²) in [7, 11) is 0. The molecule has 37 heavy (non-hydrogen) atoms. The van der Waals surface area contributed by atoms with E-state index in [1.807, 2.05) is 49.4 Å². The number of aryl methyl sites for hydroxylation is 3. The molecule has 1 aliphatic heterocycles. The van der Waals surface area contributed by atoms with Crippen molar-refractivity contribution in [2.75, 3.05) is 11.9 Å². The molecule has 5 rings (SSSR count). The lowest BCUT2D eigenvalue weighted by atomic mass is 10.0. The number of rotatable bonds is 7. The molecule has 1 aliphatic rings. The van der Waals surface area contributed by atoms with E-state index in [-0.39, 0.29) is 18.0 Å². The van der Waals surface area contributed by atoms with Crippen molar-refractivity contribution in [1.82, 2.24) is 19.8 Å². The van der Waals surface area contributed by atoms with Crippen molar-refractivity contribution >= 4 is 28.9 Å². The standard InChI is InChI=1S/C30H31N5OS/c1-20-8-6-9-23(18-20)32-27(36)14-17-35-29(28(33-30(35)37)25-10-4-5-15-31-25)26-11-7-16-34(26)24-13-12-21(2)22(3)19-24/h4-13,15-16,18-19,28-29H,14,17H2,1-3H3,(H,32,36)(H,33,37)/t28-,29-/m0/s1. The Labute approximate surface area is 223 Å². The van der Waals surface area contributed by atoms with E-state index in [1.165, 1.54) is 11.1 Å². The second-order valence-electron chi connectivity index (χ2n) is 9.56. The third kappa shape index (κ3) is 5.27. The zero-order chi connectivity index (χ0) is 25.9. The van der Waals surface area contributed by atoms with Crippen LogP contribution in [0.15, 0.2) is 85.2 Å². The fraction of sp³-hybridized carbons (Fsp3) is 0.233. The highest BCUT2D eigenvalue weighted by Gasteiger charge is 2.41. The molecule has 0 saturated carbocycles. The number of hydrogen-bond acceptors (Lipinski definition) is 3. The Bertz CT molecular complexity index is 1430. The summed E-state index contributed by atoms with van der Waals surface area (Å²) in [6.07, 6.45) is 4.20. The molecule has 0 aliphatic carbocycles. The van der Waals surface area contributed by atoms with Gasteiger partial charge in [-0.1, -0.05) is 24.3 Å². The van der Waals surface area contributed by atoms with Crippen molar-refractivity contribution in [2.45, 2.75) is 39.3 Å². The first-order chi connectivity index (χ1) is 17.9. The Balaban J connectivity index is 1.45. The van der Waals surface area contributed by atoms with E-state index in [0.29, 0.717) is 18.1 Å². The van der Waals surface area contributed by atoms with Crippen LogP contribution in [-0.4, -0.2) is 32.0 Å². The highest BCUT2D eigenvalue weighted by molar-refractivity contribution is 7.80. The van der Waals surface area contributed by atoms with Gasteiger partial charge in [0.05, 0.1) is 17.8 Å². The zero-order valence-corrected chi connectivity index (χ0v) is 22.1. The van der Waals surface area contributed by atoms with E-state index < -0.39 is 0 Å². The molecular weight excluding hydrogens is 478 g/mol. The largest absolute Gasteiger partial charge is 0.352 e. The summed E-state index contributed by atoms with van der Waals surface area (Å²) in [6, 6.07) is 24.2. The Morgan fingerprint density at radius 2 is 1.86 bits per heavy atom. The third-order valence-electron chi connectivity index (χ3n) is 6.93. The van der Waals surface area contributed by atoms with Crippen LogP contribution < -0.4 is 10.6 Å². The number of nitrogens with zero attached hydrogens (tertiary/aromatic N) is 3. The normalized spacial score (nSPS) is 17.1. The highest BCUT2D eigenvalue weighted by atomic mass is 32.1. The average molecular weight is 510 g/mol. The van der Waals surface area contributed by atoms with Gasteiger partial charge in [0, 0.05) is 42.4 Å². The van der Waals surface area contributed by atoms with Gasteiger partial charge >= 0.3 is 0 Å². The van der Waals surface area contributed by atoms with Gasteiger partial charge in [-0.05, 0) is 98.2 Å². The van der Waals surface area contributed by atoms with Crippen molar-refractivity contribution in [3.8, 4) is 5.69 Å². The number of thiocarbonyl (C=S) groups is 1. The lowest BCUT2D eigenvalue weighted by molar-refractivity contribution is -0.116. The summed E-state index contributed by atoms with van der Waals surface area (Å²) in [5.74, 6) is -0.0435. The van der Waals surface area contributed by atoms with Crippen molar-refractivity contribution in [2.24, 2.45) is 0 Å². The number of amides is 1. The maximum absolute atomic E-state index is 12.9. The van der Waals surface area contributed by atoms with E-state index in [9.17, 15) is 4.79 Å². The minimum Gasteiger partial charge on any atom is -0.352 e. The summed E-state index contributed by atoms with van der Waals surface area (Å²) >= 11 is 5.81. The number of nitrogens with one attached hydrogen (secondary N) is 2. The van der Waals surface area contributed by atoms with Crippen LogP contribution >= 0.6 is 12.2 Å². The predicted octanol–water partition coefficient (Wildman–Crippen LogP) is 5.80. The van der Waals surface area contributed by atoms with Gasteiger partial charge < -0.3 is 20.1 Å². The van der Waals surface area contributed by atoms with Crippen molar-refractivity contribution in [3.63, 3.8) is 0 Å². The van der Waals surface area contributed by atoms with Gasteiger partial charge in [-0.2, -0.15) is 0 Å². The molecule has 0 bridgehead atoms. The molecular formula is C30H31N5OS. The molecule has 0 radical (unpaired) electrons. The van der Waals surface area contributed by atoms with Crippen LogP contribution in [-0.2, 0) is 4.79 Å². The van der Waals surface area contributed by atoms with E-state index in [4.69, 9.17) is 12.2 Å². The molecule has 6 nitrogen and oxygen atoms in total. The molecule has 188 valence electrons. The molecule has 1 amide bonds. The van der Waals surface area contributed by atoms with Crippen LogP contribution in [0.3, 0.4) is 0 Å². The predicted molar refractivity (Wildman–Crippen MR) is 152 cm³/mol. The smallest absolute Gasteiger partial charge is 0.226 e. The Morgan fingerprint density at radius 3 is 2.62 bits per heavy atom. The Kier molecular flexibility index (Phi) is 7.06. The van der Waals surface area contributed by atoms with Crippen molar-refractivity contribution in [1.29, 1.82) is 0 Å². The number of carbonyl (C=O) groups excluding carboxylic acids is 1. The number of aromatic nitrogens is 2. The average Bonchev–Trinajstić information content (AvgIpc) is 3.49. The van der Waals surface area contributed by atoms with Gasteiger partial charge in [0.2, 0.25) is 5.91 Å². The van der Waals surface area contributed by atoms with Crippen LogP contribution in [0.4, 0.5) is 5.69 Å². The second kappa shape index (κ2) is 10.6. The first-order valence-corrected chi connectivity index (χ1v) is 12.9. The van der Waals surface area contributed by atoms with Crippen molar-refractivity contribution < 1.29 is 4.79 Å². The fourth-order valence-electron chi connectivity index (χ4n) is 4.88. The van der Waals surface area contributed by atoms with E-state index >= 15 is 0 Å². The molecule has 2 aromatic carbocycles. The van der Waals surface area contributed by atoms with Crippen LogP contribution in [0, 0.1) is 20.8 Å². The molecule has 0 unspecified atom stereocenters. The minimum atomic E-state index is -0.145. The van der Waals surface area contributed by atoms with Gasteiger partial charge in [0.1, 0.15) is 0 Å². The summed E-state index contributed by atoms with van der Waals surface area (Å²) < 4.78 is 2.21. The van der Waals surface area contributed by atoms with Gasteiger partial charge in [0.25, 0.3) is 0 Å². The van der Waals surface area contributed by atoms with Gasteiger partial charge in [0.15, 0.2) is 5.11 Å². The molecule has 7 heteroatoms. The molecule has 3 heterocycles. The highest BCUT2D eigenvalue weighted by Crippen LogP contribution is 2.39. The minimum absolute atomic E-state index is 0.0435. The van der Waals surface area contributed by atoms with Crippen LogP contribution in [0.25, 0.3) is 5.69 Å². The Hall–Kier alpha value is -3.97. The number of carbonyl (C=O) groups is 1. The van der Waals surface area contributed by atoms with Gasteiger partial charge in [-0.3, -0.25) is 9.78 Å². The molecule has 2 N–H and O–H groups in total. The maximum Gasteiger partial charge on any atom is 0.226 e. The number of benzene rings is 2. The number of anilines is 1. The van der Waals surface area contributed by atoms with Crippen molar-refractivity contribution in [3.05, 3.63) is 113 Å². The maximum atomic E-state index is 12.9. The lowest BCUT2D eigenvalue weighted by Crippen LogP contribution is -2.33. The number of pyridine rings is 1. The Morgan fingerprint density at radius 1 is 1.00 bits per heavy atom. The summed E-state index contributed by atoms with van der Waals surface area (Å²) in [4.78, 5) is 19.6. The molecule has 4 aromatic rings. The SMILES string of the molecule is Cc1cccc(NC(=O)CCN2C(=S)N[C@@H](c3ccccn3)[C@@H]2c2cccn2-c2ccc(C)c(C)c2)c1. The monoisotopic (exact) mass is 509 g/mol. The molecule has 1 saturated heterocycles. The quantitative estimate of drug-likeness (QED) is 0.309. The lowest BCUT2D eigenvalue weighted by Gasteiger charge is -2.29. The van der Waals surface area contributed by atoms with Crippen LogP contribution in [0.1, 0.15) is 46.6 Å². The molecule has 0 spiro atoms. The molecule has 2 atom stereocenters. The third-order valence-corrected chi connectivity index (χ3v) is 7.28. The topological polar surface area (TPSA) is 62.2 Å². The number of hydrogen-bond donors (Lipinski definition) is 2. The zero-order valence-electron chi connectivity index (χ0n) is 21.3. The fourth-order valence-corrected chi connectivity index (χ4v) is 5.21. The molecule has 1 fully saturated rings. The van der Waals surface area contributed by atoms with Crippen LogP contribution in [0.2, 0.25) is 0 Å². The van der Waals surface area contributed by atoms with E-state index in [1.54, 1.807) is 6.20 Å². The first-order valence-electron chi connectivity index (χ1n) is 12.5. The molecule has 2 aromatic heterocycles. The van der Waals surface area contributed by atoms with Gasteiger partial charge in [-0.25, -0.2) is 0 Å². The first kappa shape index (κ1) is 24.7. The summed E-state index contributed by atoms with van der Waals surface area (Å²) in [6.45, 7) is 6.74. The van der Waals surface area contributed by atoms with E-state index in [2.05, 4.69) is 75.5 Å². The van der Waals surface area contributed by atoms with Crippen LogP contribution in [0.5, 0.6) is 0 Å². The second-order valence-corrected chi connectivity index (χ2v) is 9.95. The summed E-state index contributed by atoms with van der Waals surface area (Å²) in [5.41, 5.74) is 7.50. The van der Waals surface area contributed by atoms with E-state index in [0.717, 1.165) is 28.3 Å². The summed E-state index contributed by atoms with van der Waals surface area (Å²) in [5, 5.41) is 7.13.